The van der Waals surface area contributed by atoms with Gasteiger partial charge in [-0.15, -0.1) is 24.8 Å². The van der Waals surface area contributed by atoms with Crippen LogP contribution in [0.15, 0.2) is 30.5 Å². The second kappa shape index (κ2) is 8.06. The van der Waals surface area contributed by atoms with E-state index < -0.39 is 0 Å². The number of benzene rings is 1. The summed E-state index contributed by atoms with van der Waals surface area (Å²) in [6.07, 6.45) is 5.08. The van der Waals surface area contributed by atoms with Crippen molar-refractivity contribution in [1.82, 2.24) is 15.5 Å². The molecular formula is C15H20Cl2N4O. The maximum atomic E-state index is 12.1. The highest BCUT2D eigenvalue weighted by Gasteiger charge is 2.21. The molecule has 2 aromatic rings. The summed E-state index contributed by atoms with van der Waals surface area (Å²) in [4.78, 5) is 12.1. The van der Waals surface area contributed by atoms with Gasteiger partial charge in [0.1, 0.15) is 0 Å². The number of halogens is 2. The van der Waals surface area contributed by atoms with E-state index in [1.807, 2.05) is 24.3 Å². The second-order valence-electron chi connectivity index (χ2n) is 5.23. The van der Waals surface area contributed by atoms with Crippen LogP contribution >= 0.6 is 24.8 Å². The van der Waals surface area contributed by atoms with E-state index in [0.29, 0.717) is 6.42 Å². The first kappa shape index (κ1) is 18.3. The van der Waals surface area contributed by atoms with Crippen LogP contribution in [0.4, 0.5) is 5.69 Å². The van der Waals surface area contributed by atoms with Gasteiger partial charge in [0.15, 0.2) is 0 Å². The number of nitrogens with two attached hydrogens (primary N) is 1. The number of H-pyrrole nitrogens is 1. The Balaban J connectivity index is 0.00000121. The molecule has 1 aromatic carbocycles. The molecule has 4 N–H and O–H groups in total. The third kappa shape index (κ3) is 4.15. The number of aromatic nitrogens is 2. The van der Waals surface area contributed by atoms with Gasteiger partial charge in [0, 0.05) is 17.6 Å². The highest BCUT2D eigenvalue weighted by Crippen LogP contribution is 2.30. The average molecular weight is 343 g/mol. The van der Waals surface area contributed by atoms with Crippen LogP contribution in [0.2, 0.25) is 0 Å². The molecule has 0 saturated carbocycles. The third-order valence-corrected chi connectivity index (χ3v) is 3.73. The third-order valence-electron chi connectivity index (χ3n) is 3.73. The molecule has 0 radical (unpaired) electrons. The molecule has 0 saturated heterocycles. The summed E-state index contributed by atoms with van der Waals surface area (Å²) in [5, 5.41) is 9.76. The number of amides is 1. The second-order valence-corrected chi connectivity index (χ2v) is 5.23. The van der Waals surface area contributed by atoms with Crippen molar-refractivity contribution in [3.63, 3.8) is 0 Å². The normalized spacial score (nSPS) is 15.9. The number of aromatic amines is 1. The molecule has 0 aliphatic heterocycles. The van der Waals surface area contributed by atoms with Crippen LogP contribution in [0.3, 0.4) is 0 Å². The van der Waals surface area contributed by atoms with Crippen LogP contribution < -0.4 is 11.1 Å². The van der Waals surface area contributed by atoms with Gasteiger partial charge in [0.2, 0.25) is 5.91 Å². The van der Waals surface area contributed by atoms with Gasteiger partial charge < -0.3 is 11.1 Å². The van der Waals surface area contributed by atoms with Gasteiger partial charge in [-0.25, -0.2) is 0 Å². The maximum Gasteiger partial charge on any atom is 0.226 e. The van der Waals surface area contributed by atoms with E-state index in [2.05, 4.69) is 15.5 Å². The summed E-state index contributed by atoms with van der Waals surface area (Å²) in [7, 11) is 0. The number of nitrogens with one attached hydrogen (secondary N) is 2. The number of hydrogen-bond donors (Lipinski definition) is 3. The Bertz CT molecular complexity index is 616. The number of nitrogens with zero attached hydrogens (tertiary/aromatic N) is 1. The summed E-state index contributed by atoms with van der Waals surface area (Å²) >= 11 is 0. The Hall–Kier alpha value is -1.72. The smallest absolute Gasteiger partial charge is 0.226 e. The number of fused-ring (bicyclic) bond motifs is 1. The van der Waals surface area contributed by atoms with Crippen molar-refractivity contribution in [2.75, 3.05) is 5.73 Å². The van der Waals surface area contributed by atoms with E-state index in [9.17, 15) is 4.79 Å². The summed E-state index contributed by atoms with van der Waals surface area (Å²) in [5.74, 6) is 0.0175. The molecule has 0 bridgehead atoms. The zero-order valence-corrected chi connectivity index (χ0v) is 13.7. The topological polar surface area (TPSA) is 83.8 Å². The van der Waals surface area contributed by atoms with E-state index in [0.717, 1.165) is 30.6 Å². The number of nitrogen functional groups attached to an aromatic ring is 1. The standard InChI is InChI=1S/C15H18N4O.2ClH/c16-11-4-5-13-10(8-11)2-1-3-14(13)18-15(20)9-12-6-7-17-19-12;;/h4-8,14H,1-3,9,16H2,(H,17,19)(H,18,20);2*1H. The first-order chi connectivity index (χ1) is 9.72. The molecule has 7 heteroatoms. The van der Waals surface area contributed by atoms with Crippen LogP contribution in [0.5, 0.6) is 0 Å². The fourth-order valence-corrected chi connectivity index (χ4v) is 2.79. The fourth-order valence-electron chi connectivity index (χ4n) is 2.79. The zero-order chi connectivity index (χ0) is 13.9. The van der Waals surface area contributed by atoms with E-state index in [1.165, 1.54) is 11.1 Å². The van der Waals surface area contributed by atoms with Gasteiger partial charge in [0.05, 0.1) is 12.5 Å². The first-order valence-electron chi connectivity index (χ1n) is 6.88. The van der Waals surface area contributed by atoms with Gasteiger partial charge >= 0.3 is 0 Å². The molecule has 22 heavy (non-hydrogen) atoms. The van der Waals surface area contributed by atoms with E-state index >= 15 is 0 Å². The predicted octanol–water partition coefficient (Wildman–Crippen LogP) is 2.57. The van der Waals surface area contributed by atoms with Crippen molar-refractivity contribution in [1.29, 1.82) is 0 Å². The molecule has 0 spiro atoms. The molecule has 1 atom stereocenters. The van der Waals surface area contributed by atoms with Crippen LogP contribution in [-0.2, 0) is 17.6 Å². The highest BCUT2D eigenvalue weighted by atomic mass is 35.5. The lowest BCUT2D eigenvalue weighted by Crippen LogP contribution is -2.32. The van der Waals surface area contributed by atoms with Crippen LogP contribution in [-0.4, -0.2) is 16.1 Å². The van der Waals surface area contributed by atoms with Crippen molar-refractivity contribution >= 4 is 36.4 Å². The van der Waals surface area contributed by atoms with Gasteiger partial charge in [-0.3, -0.25) is 9.89 Å². The van der Waals surface area contributed by atoms with Crippen molar-refractivity contribution in [2.24, 2.45) is 0 Å². The molecule has 120 valence electrons. The number of aryl methyl sites for hydroxylation is 1. The highest BCUT2D eigenvalue weighted by molar-refractivity contribution is 5.85. The Labute approximate surface area is 141 Å². The summed E-state index contributed by atoms with van der Waals surface area (Å²) < 4.78 is 0. The lowest BCUT2D eigenvalue weighted by molar-refractivity contribution is -0.121. The molecule has 0 fully saturated rings. The molecule has 1 aliphatic carbocycles. The number of hydrogen-bond acceptors (Lipinski definition) is 3. The van der Waals surface area contributed by atoms with Crippen LogP contribution in [0.1, 0.15) is 35.7 Å². The SMILES string of the molecule is Cl.Cl.Nc1ccc2c(c1)CCCC2NC(=O)Cc1ccn[nH]1. The Morgan fingerprint density at radius 3 is 2.91 bits per heavy atom. The minimum Gasteiger partial charge on any atom is -0.399 e. The van der Waals surface area contributed by atoms with Crippen molar-refractivity contribution in [2.45, 2.75) is 31.7 Å². The van der Waals surface area contributed by atoms with Crippen LogP contribution in [0.25, 0.3) is 0 Å². The molecular weight excluding hydrogens is 323 g/mol. The molecule has 3 rings (SSSR count). The lowest BCUT2D eigenvalue weighted by atomic mass is 9.87. The molecule has 1 heterocycles. The van der Waals surface area contributed by atoms with Crippen molar-refractivity contribution in [3.8, 4) is 0 Å². The quantitative estimate of drug-likeness (QED) is 0.749. The number of carbonyl (C=O) groups is 1. The zero-order valence-electron chi connectivity index (χ0n) is 12.0. The molecule has 1 unspecified atom stereocenters. The average Bonchev–Trinajstić information content (AvgIpc) is 2.91. The minimum atomic E-state index is 0. The number of anilines is 1. The lowest BCUT2D eigenvalue weighted by Gasteiger charge is -2.26. The fraction of sp³-hybridized carbons (Fsp3) is 0.333. The molecule has 1 amide bonds. The monoisotopic (exact) mass is 342 g/mol. The summed E-state index contributed by atoms with van der Waals surface area (Å²) in [6, 6.07) is 7.86. The van der Waals surface area contributed by atoms with E-state index in [4.69, 9.17) is 5.73 Å². The van der Waals surface area contributed by atoms with Gasteiger partial charge in [-0.2, -0.15) is 5.10 Å². The minimum absolute atomic E-state index is 0. The van der Waals surface area contributed by atoms with E-state index in [1.54, 1.807) is 6.20 Å². The van der Waals surface area contributed by atoms with Gasteiger partial charge in [0.25, 0.3) is 0 Å². The molecule has 1 aromatic heterocycles. The molecule has 5 nitrogen and oxygen atoms in total. The number of carbonyl (C=O) groups excluding carboxylic acids is 1. The Morgan fingerprint density at radius 2 is 2.18 bits per heavy atom. The van der Waals surface area contributed by atoms with Crippen molar-refractivity contribution < 1.29 is 4.79 Å². The predicted molar refractivity (Wildman–Crippen MR) is 91.5 cm³/mol. The summed E-state index contributed by atoms with van der Waals surface area (Å²) in [6.45, 7) is 0. The van der Waals surface area contributed by atoms with Crippen molar-refractivity contribution in [3.05, 3.63) is 47.3 Å². The van der Waals surface area contributed by atoms with Crippen LogP contribution in [0, 0.1) is 0 Å². The Morgan fingerprint density at radius 1 is 1.36 bits per heavy atom. The summed E-state index contributed by atoms with van der Waals surface area (Å²) in [5.41, 5.74) is 9.89. The maximum absolute atomic E-state index is 12.1. The largest absolute Gasteiger partial charge is 0.399 e. The van der Waals surface area contributed by atoms with Gasteiger partial charge in [-0.05, 0) is 48.6 Å². The van der Waals surface area contributed by atoms with E-state index in [-0.39, 0.29) is 36.8 Å². The Kier molecular flexibility index (Phi) is 6.71. The number of rotatable bonds is 3. The molecule has 1 aliphatic rings. The first-order valence-corrected chi connectivity index (χ1v) is 6.88. The van der Waals surface area contributed by atoms with Gasteiger partial charge in [-0.1, -0.05) is 6.07 Å².